The van der Waals surface area contributed by atoms with E-state index in [4.69, 9.17) is 9.47 Å². The van der Waals surface area contributed by atoms with Crippen LogP contribution in [0.15, 0.2) is 24.3 Å². The summed E-state index contributed by atoms with van der Waals surface area (Å²) < 4.78 is 11.2. The van der Waals surface area contributed by atoms with Crippen molar-refractivity contribution in [1.82, 2.24) is 5.32 Å². The van der Waals surface area contributed by atoms with Gasteiger partial charge in [-0.05, 0) is 18.1 Å². The molecule has 0 fully saturated rings. The van der Waals surface area contributed by atoms with Crippen molar-refractivity contribution in [3.05, 3.63) is 24.3 Å². The average Bonchev–Trinajstić information content (AvgIpc) is 2.34. The molecule has 3 heteroatoms. The van der Waals surface area contributed by atoms with Gasteiger partial charge in [0.1, 0.15) is 17.6 Å². The Hall–Kier alpha value is -1.22. The molecule has 102 valence electrons. The fourth-order valence-electron chi connectivity index (χ4n) is 1.61. The summed E-state index contributed by atoms with van der Waals surface area (Å²) in [6.07, 6.45) is 0.166. The molecule has 0 aromatic heterocycles. The van der Waals surface area contributed by atoms with Crippen molar-refractivity contribution in [2.24, 2.45) is 5.92 Å². The predicted molar refractivity (Wildman–Crippen MR) is 75.4 cm³/mol. The number of rotatable bonds is 7. The molecule has 0 amide bonds. The standard InChI is InChI=1S/C15H25NO2/c1-11(2)15(10-16-12(3)4)18-14-8-6-7-13(9-14)17-5/h6-9,11-12,15-16H,10H2,1-5H3. The quantitative estimate of drug-likeness (QED) is 0.807. The van der Waals surface area contributed by atoms with Crippen LogP contribution in [0.5, 0.6) is 11.5 Å². The normalized spacial score (nSPS) is 12.8. The third-order valence-electron chi connectivity index (χ3n) is 2.80. The first-order valence-corrected chi connectivity index (χ1v) is 6.57. The number of hydrogen-bond donors (Lipinski definition) is 1. The zero-order valence-electron chi connectivity index (χ0n) is 12.1. The number of methoxy groups -OCH3 is 1. The summed E-state index contributed by atoms with van der Waals surface area (Å²) in [5.74, 6) is 2.15. The van der Waals surface area contributed by atoms with Gasteiger partial charge in [-0.1, -0.05) is 33.8 Å². The van der Waals surface area contributed by atoms with Crippen molar-refractivity contribution in [3.8, 4) is 11.5 Å². The Bertz CT molecular complexity index is 350. The van der Waals surface area contributed by atoms with Crippen molar-refractivity contribution < 1.29 is 9.47 Å². The lowest BCUT2D eigenvalue weighted by molar-refractivity contribution is 0.146. The molecule has 0 aliphatic rings. The highest BCUT2D eigenvalue weighted by atomic mass is 16.5. The first kappa shape index (κ1) is 14.8. The largest absolute Gasteiger partial charge is 0.497 e. The zero-order valence-corrected chi connectivity index (χ0v) is 12.1. The minimum absolute atomic E-state index is 0.166. The Morgan fingerprint density at radius 3 is 2.33 bits per heavy atom. The Kier molecular flexibility index (Phi) is 5.99. The smallest absolute Gasteiger partial charge is 0.123 e. The van der Waals surface area contributed by atoms with Crippen LogP contribution in [0, 0.1) is 5.92 Å². The first-order valence-electron chi connectivity index (χ1n) is 6.57. The highest BCUT2D eigenvalue weighted by molar-refractivity contribution is 5.33. The highest BCUT2D eigenvalue weighted by Gasteiger charge is 2.15. The molecule has 1 aromatic rings. The van der Waals surface area contributed by atoms with Gasteiger partial charge in [0.15, 0.2) is 0 Å². The van der Waals surface area contributed by atoms with Gasteiger partial charge in [0.25, 0.3) is 0 Å². The minimum atomic E-state index is 0.166. The molecular weight excluding hydrogens is 226 g/mol. The van der Waals surface area contributed by atoms with Crippen LogP contribution in [0.3, 0.4) is 0 Å². The summed E-state index contributed by atoms with van der Waals surface area (Å²) >= 11 is 0. The van der Waals surface area contributed by atoms with E-state index in [9.17, 15) is 0 Å². The second-order valence-electron chi connectivity index (χ2n) is 5.14. The van der Waals surface area contributed by atoms with Gasteiger partial charge >= 0.3 is 0 Å². The van der Waals surface area contributed by atoms with Crippen molar-refractivity contribution in [2.75, 3.05) is 13.7 Å². The third-order valence-corrected chi connectivity index (χ3v) is 2.80. The first-order chi connectivity index (χ1) is 8.52. The van der Waals surface area contributed by atoms with Crippen LogP contribution in [0.2, 0.25) is 0 Å². The summed E-state index contributed by atoms with van der Waals surface area (Å²) in [6, 6.07) is 8.23. The Labute approximate surface area is 110 Å². The van der Waals surface area contributed by atoms with Gasteiger partial charge in [0.05, 0.1) is 7.11 Å². The van der Waals surface area contributed by atoms with Gasteiger partial charge in [0.2, 0.25) is 0 Å². The summed E-state index contributed by atoms with van der Waals surface area (Å²) in [5, 5.41) is 3.42. The van der Waals surface area contributed by atoms with E-state index in [1.165, 1.54) is 0 Å². The Morgan fingerprint density at radius 1 is 1.11 bits per heavy atom. The van der Waals surface area contributed by atoms with Crippen LogP contribution in [-0.2, 0) is 0 Å². The van der Waals surface area contributed by atoms with Gasteiger partial charge in [-0.25, -0.2) is 0 Å². The summed E-state index contributed by atoms with van der Waals surface area (Å²) in [7, 11) is 1.67. The van der Waals surface area contributed by atoms with Crippen LogP contribution in [0.4, 0.5) is 0 Å². The molecule has 18 heavy (non-hydrogen) atoms. The lowest BCUT2D eigenvalue weighted by atomic mass is 10.1. The Morgan fingerprint density at radius 2 is 1.78 bits per heavy atom. The molecule has 1 aromatic carbocycles. The van der Waals surface area contributed by atoms with Gasteiger partial charge in [-0.15, -0.1) is 0 Å². The molecule has 0 saturated carbocycles. The molecule has 1 unspecified atom stereocenters. The number of nitrogens with one attached hydrogen (secondary N) is 1. The SMILES string of the molecule is COc1cccc(OC(CNC(C)C)C(C)C)c1. The monoisotopic (exact) mass is 251 g/mol. The lowest BCUT2D eigenvalue weighted by Gasteiger charge is -2.24. The molecule has 0 aliphatic heterocycles. The van der Waals surface area contributed by atoms with Gasteiger partial charge in [-0.3, -0.25) is 0 Å². The maximum Gasteiger partial charge on any atom is 0.123 e. The molecular formula is C15H25NO2. The topological polar surface area (TPSA) is 30.5 Å². The van der Waals surface area contributed by atoms with Crippen molar-refractivity contribution >= 4 is 0 Å². The predicted octanol–water partition coefficient (Wildman–Crippen LogP) is 3.10. The second kappa shape index (κ2) is 7.27. The molecule has 0 saturated heterocycles. The van der Waals surface area contributed by atoms with Gasteiger partial charge in [0, 0.05) is 18.7 Å². The van der Waals surface area contributed by atoms with E-state index in [-0.39, 0.29) is 6.10 Å². The minimum Gasteiger partial charge on any atom is -0.497 e. The Balaban J connectivity index is 2.64. The van der Waals surface area contributed by atoms with Gasteiger partial charge in [-0.2, -0.15) is 0 Å². The van der Waals surface area contributed by atoms with Crippen molar-refractivity contribution in [3.63, 3.8) is 0 Å². The summed E-state index contributed by atoms with van der Waals surface area (Å²) in [6.45, 7) is 9.48. The van der Waals surface area contributed by atoms with Crippen LogP contribution < -0.4 is 14.8 Å². The molecule has 0 heterocycles. The van der Waals surface area contributed by atoms with E-state index in [1.54, 1.807) is 7.11 Å². The fourth-order valence-corrected chi connectivity index (χ4v) is 1.61. The van der Waals surface area contributed by atoms with Crippen LogP contribution in [0.25, 0.3) is 0 Å². The molecule has 0 bridgehead atoms. The highest BCUT2D eigenvalue weighted by Crippen LogP contribution is 2.21. The van der Waals surface area contributed by atoms with E-state index in [0.717, 1.165) is 18.0 Å². The second-order valence-corrected chi connectivity index (χ2v) is 5.14. The molecule has 3 nitrogen and oxygen atoms in total. The maximum atomic E-state index is 6.03. The van der Waals surface area contributed by atoms with Gasteiger partial charge < -0.3 is 14.8 Å². The number of benzene rings is 1. The zero-order chi connectivity index (χ0) is 13.5. The number of ether oxygens (including phenoxy) is 2. The van der Waals surface area contributed by atoms with E-state index in [1.807, 2.05) is 24.3 Å². The average molecular weight is 251 g/mol. The molecule has 0 radical (unpaired) electrons. The molecule has 1 rings (SSSR count). The molecule has 0 spiro atoms. The summed E-state index contributed by atoms with van der Waals surface area (Å²) in [4.78, 5) is 0. The van der Waals surface area contributed by atoms with Crippen molar-refractivity contribution in [2.45, 2.75) is 39.8 Å². The molecule has 1 atom stereocenters. The van der Waals surface area contributed by atoms with E-state index >= 15 is 0 Å². The van der Waals surface area contributed by atoms with E-state index in [2.05, 4.69) is 33.0 Å². The molecule has 0 aliphatic carbocycles. The lowest BCUT2D eigenvalue weighted by Crippen LogP contribution is -2.38. The maximum absolute atomic E-state index is 6.03. The van der Waals surface area contributed by atoms with Crippen LogP contribution in [-0.4, -0.2) is 25.8 Å². The van der Waals surface area contributed by atoms with E-state index < -0.39 is 0 Å². The van der Waals surface area contributed by atoms with Crippen LogP contribution >= 0.6 is 0 Å². The van der Waals surface area contributed by atoms with Crippen molar-refractivity contribution in [1.29, 1.82) is 0 Å². The van der Waals surface area contributed by atoms with Crippen LogP contribution in [0.1, 0.15) is 27.7 Å². The fraction of sp³-hybridized carbons (Fsp3) is 0.600. The third kappa shape index (κ3) is 4.96. The summed E-state index contributed by atoms with van der Waals surface area (Å²) in [5.41, 5.74) is 0. The molecule has 1 N–H and O–H groups in total. The number of hydrogen-bond acceptors (Lipinski definition) is 3. The van der Waals surface area contributed by atoms with E-state index in [0.29, 0.717) is 12.0 Å².